The van der Waals surface area contributed by atoms with E-state index in [9.17, 15) is 10.1 Å². The molecule has 3 aromatic rings. The van der Waals surface area contributed by atoms with E-state index in [4.69, 9.17) is 9.15 Å². The van der Waals surface area contributed by atoms with Gasteiger partial charge in [0.25, 0.3) is 0 Å². The van der Waals surface area contributed by atoms with E-state index in [2.05, 4.69) is 6.07 Å². The lowest BCUT2D eigenvalue weighted by Crippen LogP contribution is -2.03. The van der Waals surface area contributed by atoms with Gasteiger partial charge in [0.2, 0.25) is 5.76 Å². The second-order valence-electron chi connectivity index (χ2n) is 5.34. The number of carbonyl (C=O) groups excluding carboxylic acids is 1. The van der Waals surface area contributed by atoms with Crippen molar-refractivity contribution in [2.75, 3.05) is 0 Å². The number of carbonyl (C=O) groups is 1. The van der Waals surface area contributed by atoms with Crippen LogP contribution >= 0.6 is 0 Å². The highest BCUT2D eigenvalue weighted by molar-refractivity contribution is 5.86. The van der Waals surface area contributed by atoms with E-state index in [0.717, 1.165) is 16.7 Å². The van der Waals surface area contributed by atoms with Crippen LogP contribution in [0.4, 0.5) is 0 Å². The average molecular weight is 317 g/mol. The van der Waals surface area contributed by atoms with Crippen molar-refractivity contribution in [2.24, 2.45) is 0 Å². The predicted molar refractivity (Wildman–Crippen MR) is 89.2 cm³/mol. The standard InChI is InChI=1S/C20H15NO3/c1-14-6-11-19(24-14)20(22)23-13-15-7-9-16(10-8-15)18-5-3-2-4-17(18)12-21/h2-11H,13H2,1H3. The second-order valence-corrected chi connectivity index (χ2v) is 5.34. The smallest absolute Gasteiger partial charge is 0.374 e. The molecule has 1 heterocycles. The maximum absolute atomic E-state index is 11.9. The summed E-state index contributed by atoms with van der Waals surface area (Å²) < 4.78 is 10.5. The number of furan rings is 1. The minimum absolute atomic E-state index is 0.165. The summed E-state index contributed by atoms with van der Waals surface area (Å²) in [5.74, 6) is 0.386. The lowest BCUT2D eigenvalue weighted by atomic mass is 9.99. The zero-order valence-electron chi connectivity index (χ0n) is 13.2. The van der Waals surface area contributed by atoms with Gasteiger partial charge in [0.15, 0.2) is 0 Å². The zero-order valence-corrected chi connectivity index (χ0v) is 13.2. The van der Waals surface area contributed by atoms with Crippen LogP contribution in [-0.4, -0.2) is 5.97 Å². The largest absolute Gasteiger partial charge is 0.455 e. The molecule has 2 aromatic carbocycles. The molecule has 0 spiro atoms. The van der Waals surface area contributed by atoms with Crippen molar-refractivity contribution in [2.45, 2.75) is 13.5 Å². The molecule has 0 amide bonds. The maximum atomic E-state index is 11.9. The fourth-order valence-electron chi connectivity index (χ4n) is 2.38. The third-order valence-electron chi connectivity index (χ3n) is 3.62. The summed E-state index contributed by atoms with van der Waals surface area (Å²) in [5, 5.41) is 9.17. The molecule has 0 bridgehead atoms. The molecule has 0 aliphatic carbocycles. The van der Waals surface area contributed by atoms with Gasteiger partial charge in [-0.05, 0) is 41.8 Å². The van der Waals surface area contributed by atoms with E-state index in [1.54, 1.807) is 25.1 Å². The Bertz CT molecular complexity index is 901. The molecule has 0 aliphatic rings. The van der Waals surface area contributed by atoms with Crippen LogP contribution in [0.25, 0.3) is 11.1 Å². The highest BCUT2D eigenvalue weighted by Crippen LogP contribution is 2.23. The van der Waals surface area contributed by atoms with E-state index in [1.165, 1.54) is 0 Å². The number of rotatable bonds is 4. The Morgan fingerprint density at radius 1 is 1.08 bits per heavy atom. The van der Waals surface area contributed by atoms with E-state index < -0.39 is 5.97 Å². The maximum Gasteiger partial charge on any atom is 0.374 e. The van der Waals surface area contributed by atoms with Crippen LogP contribution in [0.15, 0.2) is 65.1 Å². The van der Waals surface area contributed by atoms with Gasteiger partial charge in [-0.25, -0.2) is 4.79 Å². The predicted octanol–water partition coefficient (Wildman–Crippen LogP) is 4.48. The van der Waals surface area contributed by atoms with Gasteiger partial charge in [-0.2, -0.15) is 5.26 Å². The summed E-state index contributed by atoms with van der Waals surface area (Å²) in [5.41, 5.74) is 3.33. The van der Waals surface area contributed by atoms with Crippen LogP contribution < -0.4 is 0 Å². The first-order chi connectivity index (χ1) is 11.7. The quantitative estimate of drug-likeness (QED) is 0.665. The SMILES string of the molecule is Cc1ccc(C(=O)OCc2ccc(-c3ccccc3C#N)cc2)o1. The van der Waals surface area contributed by atoms with Crippen LogP contribution in [-0.2, 0) is 11.3 Å². The zero-order chi connectivity index (χ0) is 16.9. The van der Waals surface area contributed by atoms with Gasteiger partial charge in [0, 0.05) is 0 Å². The highest BCUT2D eigenvalue weighted by Gasteiger charge is 2.11. The molecule has 4 heteroatoms. The lowest BCUT2D eigenvalue weighted by molar-refractivity contribution is 0.0434. The Hall–Kier alpha value is -3.32. The molecule has 4 nitrogen and oxygen atoms in total. The highest BCUT2D eigenvalue weighted by atomic mass is 16.5. The van der Waals surface area contributed by atoms with Gasteiger partial charge in [0.1, 0.15) is 12.4 Å². The molecule has 0 saturated heterocycles. The van der Waals surface area contributed by atoms with Crippen LogP contribution in [0.1, 0.15) is 27.4 Å². The minimum atomic E-state index is -0.484. The van der Waals surface area contributed by atoms with Crippen LogP contribution in [0, 0.1) is 18.3 Å². The summed E-state index contributed by atoms with van der Waals surface area (Å²) >= 11 is 0. The van der Waals surface area contributed by atoms with Gasteiger partial charge in [0.05, 0.1) is 11.6 Å². The van der Waals surface area contributed by atoms with Crippen LogP contribution in [0.2, 0.25) is 0 Å². The number of nitriles is 1. The summed E-state index contributed by atoms with van der Waals surface area (Å²) in [6, 6.07) is 20.5. The van der Waals surface area contributed by atoms with Crippen molar-refractivity contribution >= 4 is 5.97 Å². The van der Waals surface area contributed by atoms with Crippen molar-refractivity contribution in [1.29, 1.82) is 5.26 Å². The van der Waals surface area contributed by atoms with Gasteiger partial charge >= 0.3 is 5.97 Å². The first kappa shape index (κ1) is 15.6. The van der Waals surface area contributed by atoms with Gasteiger partial charge in [-0.3, -0.25) is 0 Å². The van der Waals surface area contributed by atoms with Gasteiger partial charge in [-0.1, -0.05) is 42.5 Å². The molecule has 0 atom stereocenters. The molecule has 3 rings (SSSR count). The number of benzene rings is 2. The average Bonchev–Trinajstić information content (AvgIpc) is 3.06. The molecular formula is C20H15NO3. The second kappa shape index (κ2) is 6.84. The normalized spacial score (nSPS) is 10.2. The molecule has 0 fully saturated rings. The summed E-state index contributed by atoms with van der Waals surface area (Å²) in [6.07, 6.45) is 0. The first-order valence-corrected chi connectivity index (χ1v) is 7.49. The van der Waals surface area contributed by atoms with Crippen LogP contribution in [0.3, 0.4) is 0 Å². The number of esters is 1. The van der Waals surface area contributed by atoms with Crippen LogP contribution in [0.5, 0.6) is 0 Å². The topological polar surface area (TPSA) is 63.2 Å². The van der Waals surface area contributed by atoms with Crippen molar-refractivity contribution < 1.29 is 13.9 Å². The molecule has 0 N–H and O–H groups in total. The molecule has 24 heavy (non-hydrogen) atoms. The summed E-state index contributed by atoms with van der Waals surface area (Å²) in [7, 11) is 0. The minimum Gasteiger partial charge on any atom is -0.455 e. The van der Waals surface area contributed by atoms with Crippen molar-refractivity contribution in [1.82, 2.24) is 0 Å². The Kier molecular flexibility index (Phi) is 4.44. The van der Waals surface area contributed by atoms with E-state index in [0.29, 0.717) is 11.3 Å². The molecule has 1 aromatic heterocycles. The van der Waals surface area contributed by atoms with E-state index in [1.807, 2.05) is 42.5 Å². The number of hydrogen-bond acceptors (Lipinski definition) is 4. The third kappa shape index (κ3) is 3.36. The van der Waals surface area contributed by atoms with Gasteiger partial charge < -0.3 is 9.15 Å². The Balaban J connectivity index is 1.69. The number of nitrogens with zero attached hydrogens (tertiary/aromatic N) is 1. The monoisotopic (exact) mass is 317 g/mol. The Morgan fingerprint density at radius 3 is 2.50 bits per heavy atom. The molecular weight excluding hydrogens is 302 g/mol. The van der Waals surface area contributed by atoms with E-state index in [-0.39, 0.29) is 12.4 Å². The molecule has 0 unspecified atom stereocenters. The van der Waals surface area contributed by atoms with E-state index >= 15 is 0 Å². The molecule has 0 aliphatic heterocycles. The number of ether oxygens (including phenoxy) is 1. The van der Waals surface area contributed by atoms with Crippen molar-refractivity contribution in [3.8, 4) is 17.2 Å². The first-order valence-electron chi connectivity index (χ1n) is 7.49. The summed E-state index contributed by atoms with van der Waals surface area (Å²) in [6.45, 7) is 1.94. The number of aryl methyl sites for hydroxylation is 1. The van der Waals surface area contributed by atoms with Crippen molar-refractivity contribution in [3.63, 3.8) is 0 Å². The number of hydrogen-bond donors (Lipinski definition) is 0. The summed E-state index contributed by atoms with van der Waals surface area (Å²) in [4.78, 5) is 11.9. The fourth-order valence-corrected chi connectivity index (χ4v) is 2.38. The molecule has 0 radical (unpaired) electrons. The van der Waals surface area contributed by atoms with Crippen molar-refractivity contribution in [3.05, 3.63) is 83.3 Å². The Morgan fingerprint density at radius 2 is 1.83 bits per heavy atom. The third-order valence-corrected chi connectivity index (χ3v) is 3.62. The lowest BCUT2D eigenvalue weighted by Gasteiger charge is -2.07. The molecule has 0 saturated carbocycles. The Labute approximate surface area is 139 Å². The molecule has 118 valence electrons. The van der Waals surface area contributed by atoms with Gasteiger partial charge in [-0.15, -0.1) is 0 Å². The fraction of sp³-hybridized carbons (Fsp3) is 0.100.